The number of amides is 1. The number of carbonyl (C=O) groups excluding carboxylic acids is 1. The standard InChI is InChI=1S/C16H17N3O3/c1-11-7-8-15(16(9-11)19(21)22)17-13-5-4-6-14(10-13)18(3)12(2)20/h4-10,17H,1-3H3. The first-order chi connectivity index (χ1) is 10.4. The third kappa shape index (κ3) is 3.41. The SMILES string of the molecule is CC(=O)N(C)c1cccc(Nc2ccc(C)cc2[N+](=O)[O-])c1. The fourth-order valence-corrected chi connectivity index (χ4v) is 2.03. The number of hydrogen-bond acceptors (Lipinski definition) is 4. The smallest absolute Gasteiger partial charge is 0.292 e. The summed E-state index contributed by atoms with van der Waals surface area (Å²) in [5.74, 6) is -0.0848. The van der Waals surface area contributed by atoms with Crippen LogP contribution in [0.25, 0.3) is 0 Å². The predicted octanol–water partition coefficient (Wildman–Crippen LogP) is 3.63. The third-order valence-electron chi connectivity index (χ3n) is 3.33. The Bertz CT molecular complexity index is 728. The van der Waals surface area contributed by atoms with Crippen molar-refractivity contribution in [3.8, 4) is 0 Å². The first kappa shape index (κ1) is 15.5. The number of hydrogen-bond donors (Lipinski definition) is 1. The van der Waals surface area contributed by atoms with Crippen molar-refractivity contribution in [3.63, 3.8) is 0 Å². The van der Waals surface area contributed by atoms with E-state index in [4.69, 9.17) is 0 Å². The average Bonchev–Trinajstić information content (AvgIpc) is 2.48. The van der Waals surface area contributed by atoms with Crippen LogP contribution in [0.2, 0.25) is 0 Å². The van der Waals surface area contributed by atoms with E-state index in [2.05, 4.69) is 5.32 Å². The van der Waals surface area contributed by atoms with E-state index < -0.39 is 4.92 Å². The zero-order chi connectivity index (χ0) is 16.3. The van der Waals surface area contributed by atoms with Crippen molar-refractivity contribution < 1.29 is 9.72 Å². The zero-order valence-corrected chi connectivity index (χ0v) is 12.7. The molecule has 6 heteroatoms. The minimum Gasteiger partial charge on any atom is -0.350 e. The van der Waals surface area contributed by atoms with Crippen LogP contribution in [0.1, 0.15) is 12.5 Å². The molecule has 0 fully saturated rings. The van der Waals surface area contributed by atoms with Crippen LogP contribution in [0, 0.1) is 17.0 Å². The highest BCUT2D eigenvalue weighted by atomic mass is 16.6. The average molecular weight is 299 g/mol. The molecule has 0 aliphatic carbocycles. The molecule has 114 valence electrons. The number of aryl methyl sites for hydroxylation is 1. The molecule has 2 aromatic carbocycles. The molecular formula is C16H17N3O3. The van der Waals surface area contributed by atoms with Gasteiger partial charge in [0.15, 0.2) is 0 Å². The Balaban J connectivity index is 2.34. The molecule has 1 amide bonds. The molecule has 22 heavy (non-hydrogen) atoms. The molecule has 0 radical (unpaired) electrons. The molecule has 0 bridgehead atoms. The van der Waals surface area contributed by atoms with Gasteiger partial charge in [-0.25, -0.2) is 0 Å². The van der Waals surface area contributed by atoms with Crippen molar-refractivity contribution in [2.24, 2.45) is 0 Å². The Kier molecular flexibility index (Phi) is 4.41. The van der Waals surface area contributed by atoms with Crippen LogP contribution in [-0.2, 0) is 4.79 Å². The van der Waals surface area contributed by atoms with Gasteiger partial charge in [0.25, 0.3) is 5.69 Å². The summed E-state index contributed by atoms with van der Waals surface area (Å²) >= 11 is 0. The van der Waals surface area contributed by atoms with Gasteiger partial charge in [-0.15, -0.1) is 0 Å². The van der Waals surface area contributed by atoms with Gasteiger partial charge in [-0.1, -0.05) is 12.1 Å². The number of rotatable bonds is 4. The quantitative estimate of drug-likeness (QED) is 0.691. The molecule has 2 aromatic rings. The lowest BCUT2D eigenvalue weighted by Crippen LogP contribution is -2.22. The molecule has 0 saturated carbocycles. The van der Waals surface area contributed by atoms with Gasteiger partial charge < -0.3 is 10.2 Å². The van der Waals surface area contributed by atoms with Crippen molar-refractivity contribution in [3.05, 3.63) is 58.1 Å². The van der Waals surface area contributed by atoms with E-state index >= 15 is 0 Å². The van der Waals surface area contributed by atoms with Crippen molar-refractivity contribution in [1.82, 2.24) is 0 Å². The van der Waals surface area contributed by atoms with Crippen molar-refractivity contribution in [1.29, 1.82) is 0 Å². The first-order valence-corrected chi connectivity index (χ1v) is 6.75. The Hall–Kier alpha value is -2.89. The molecule has 1 N–H and O–H groups in total. The normalized spacial score (nSPS) is 10.1. The van der Waals surface area contributed by atoms with Crippen LogP contribution in [-0.4, -0.2) is 17.9 Å². The lowest BCUT2D eigenvalue weighted by atomic mass is 10.2. The largest absolute Gasteiger partial charge is 0.350 e. The lowest BCUT2D eigenvalue weighted by Gasteiger charge is -2.16. The van der Waals surface area contributed by atoms with E-state index in [1.54, 1.807) is 50.4 Å². The predicted molar refractivity (Wildman–Crippen MR) is 86.6 cm³/mol. The van der Waals surface area contributed by atoms with Crippen molar-refractivity contribution in [2.45, 2.75) is 13.8 Å². The Morgan fingerprint density at radius 3 is 2.59 bits per heavy atom. The summed E-state index contributed by atoms with van der Waals surface area (Å²) in [6.07, 6.45) is 0. The molecule has 0 aromatic heterocycles. The van der Waals surface area contributed by atoms with Gasteiger partial charge in [0.05, 0.1) is 4.92 Å². The van der Waals surface area contributed by atoms with Gasteiger partial charge in [-0.2, -0.15) is 0 Å². The van der Waals surface area contributed by atoms with Crippen LogP contribution in [0.5, 0.6) is 0 Å². The number of nitrogens with one attached hydrogen (secondary N) is 1. The fourth-order valence-electron chi connectivity index (χ4n) is 2.03. The van der Waals surface area contributed by atoms with E-state index in [0.29, 0.717) is 17.1 Å². The van der Waals surface area contributed by atoms with Crippen LogP contribution in [0.3, 0.4) is 0 Å². The first-order valence-electron chi connectivity index (χ1n) is 6.75. The molecule has 2 rings (SSSR count). The second-order valence-corrected chi connectivity index (χ2v) is 5.03. The van der Waals surface area contributed by atoms with E-state index in [0.717, 1.165) is 5.56 Å². The molecular weight excluding hydrogens is 282 g/mol. The lowest BCUT2D eigenvalue weighted by molar-refractivity contribution is -0.384. The molecule has 0 spiro atoms. The highest BCUT2D eigenvalue weighted by Crippen LogP contribution is 2.29. The summed E-state index contributed by atoms with van der Waals surface area (Å²) < 4.78 is 0. The third-order valence-corrected chi connectivity index (χ3v) is 3.33. The fraction of sp³-hybridized carbons (Fsp3) is 0.188. The van der Waals surface area contributed by atoms with E-state index in [1.165, 1.54) is 17.9 Å². The van der Waals surface area contributed by atoms with Gasteiger partial charge >= 0.3 is 0 Å². The summed E-state index contributed by atoms with van der Waals surface area (Å²) in [4.78, 5) is 23.6. The Morgan fingerprint density at radius 2 is 1.95 bits per heavy atom. The van der Waals surface area contributed by atoms with Crippen molar-refractivity contribution >= 4 is 28.7 Å². The maximum atomic E-state index is 11.4. The Morgan fingerprint density at radius 1 is 1.23 bits per heavy atom. The topological polar surface area (TPSA) is 75.5 Å². The number of nitro groups is 1. The molecule has 0 heterocycles. The molecule has 0 atom stereocenters. The van der Waals surface area contributed by atoms with Crippen LogP contribution >= 0.6 is 0 Å². The highest BCUT2D eigenvalue weighted by Gasteiger charge is 2.14. The number of nitrogens with zero attached hydrogens (tertiary/aromatic N) is 2. The zero-order valence-electron chi connectivity index (χ0n) is 12.7. The maximum absolute atomic E-state index is 11.4. The number of benzene rings is 2. The summed E-state index contributed by atoms with van der Waals surface area (Å²) in [5.41, 5.74) is 2.65. The van der Waals surface area contributed by atoms with Gasteiger partial charge in [0.2, 0.25) is 5.91 Å². The van der Waals surface area contributed by atoms with Gasteiger partial charge in [0.1, 0.15) is 5.69 Å². The number of carbonyl (C=O) groups is 1. The van der Waals surface area contributed by atoms with E-state index in [-0.39, 0.29) is 11.6 Å². The molecule has 0 aliphatic rings. The van der Waals surface area contributed by atoms with Crippen LogP contribution in [0.4, 0.5) is 22.7 Å². The second kappa shape index (κ2) is 6.26. The van der Waals surface area contributed by atoms with Crippen LogP contribution < -0.4 is 10.2 Å². The van der Waals surface area contributed by atoms with Crippen molar-refractivity contribution in [2.75, 3.05) is 17.3 Å². The second-order valence-electron chi connectivity index (χ2n) is 5.03. The summed E-state index contributed by atoms with van der Waals surface area (Å²) in [6, 6.07) is 12.2. The molecule has 6 nitrogen and oxygen atoms in total. The van der Waals surface area contributed by atoms with Gasteiger partial charge in [0, 0.05) is 31.4 Å². The van der Waals surface area contributed by atoms with E-state index in [9.17, 15) is 14.9 Å². The molecule has 0 unspecified atom stereocenters. The highest BCUT2D eigenvalue weighted by molar-refractivity contribution is 5.91. The summed E-state index contributed by atoms with van der Waals surface area (Å²) in [7, 11) is 1.68. The monoisotopic (exact) mass is 299 g/mol. The van der Waals surface area contributed by atoms with Crippen LogP contribution in [0.15, 0.2) is 42.5 Å². The molecule has 0 aliphatic heterocycles. The van der Waals surface area contributed by atoms with Gasteiger partial charge in [-0.05, 0) is 36.8 Å². The van der Waals surface area contributed by atoms with E-state index in [1.807, 2.05) is 0 Å². The minimum atomic E-state index is -0.416. The summed E-state index contributed by atoms with van der Waals surface area (Å²) in [6.45, 7) is 3.28. The summed E-state index contributed by atoms with van der Waals surface area (Å²) in [5, 5.41) is 14.2. The van der Waals surface area contributed by atoms with Gasteiger partial charge in [-0.3, -0.25) is 14.9 Å². The minimum absolute atomic E-state index is 0.0188. The number of nitro benzene ring substituents is 1. The Labute approximate surface area is 128 Å². The number of anilines is 3. The maximum Gasteiger partial charge on any atom is 0.292 e. The molecule has 0 saturated heterocycles.